The monoisotopic (exact) mass is 239 g/mol. The zero-order valence-corrected chi connectivity index (χ0v) is 10.5. The number of anilines is 1. The fourth-order valence-corrected chi connectivity index (χ4v) is 2.29. The minimum absolute atomic E-state index is 0.466. The third-order valence-corrected chi connectivity index (χ3v) is 3.79. The van der Waals surface area contributed by atoms with Crippen LogP contribution < -0.4 is 10.6 Å². The van der Waals surface area contributed by atoms with Gasteiger partial charge in [-0.15, -0.1) is 0 Å². The van der Waals surface area contributed by atoms with Crippen molar-refractivity contribution in [3.05, 3.63) is 22.8 Å². The summed E-state index contributed by atoms with van der Waals surface area (Å²) in [6.07, 6.45) is 1.70. The van der Waals surface area contributed by atoms with Crippen LogP contribution >= 0.6 is 11.6 Å². The van der Waals surface area contributed by atoms with Crippen LogP contribution in [0.5, 0.6) is 0 Å². The molecule has 1 fully saturated rings. The largest absolute Gasteiger partial charge is 0.356 e. The standard InChI is InChI=1S/C12H18ClN3/c1-8-6-16(7-9(8)2)12-3-10(4-14)11(13)5-15-12/h3,5,8-9H,4,6-7,14H2,1-2H3. The first-order valence-electron chi connectivity index (χ1n) is 5.71. The summed E-state index contributed by atoms with van der Waals surface area (Å²) in [6, 6.07) is 2.01. The first-order valence-corrected chi connectivity index (χ1v) is 6.09. The number of hydrogen-bond donors (Lipinski definition) is 1. The van der Waals surface area contributed by atoms with Crippen LogP contribution in [0.1, 0.15) is 19.4 Å². The second-order valence-corrected chi connectivity index (χ2v) is 5.10. The van der Waals surface area contributed by atoms with Crippen molar-refractivity contribution in [1.82, 2.24) is 4.98 Å². The van der Waals surface area contributed by atoms with Crippen molar-refractivity contribution in [2.45, 2.75) is 20.4 Å². The van der Waals surface area contributed by atoms with E-state index in [0.29, 0.717) is 11.6 Å². The van der Waals surface area contributed by atoms with Crippen molar-refractivity contribution in [3.63, 3.8) is 0 Å². The molecule has 1 aromatic rings. The third-order valence-electron chi connectivity index (χ3n) is 3.45. The van der Waals surface area contributed by atoms with Gasteiger partial charge in [0.15, 0.2) is 0 Å². The number of nitrogens with two attached hydrogens (primary N) is 1. The molecule has 2 N–H and O–H groups in total. The van der Waals surface area contributed by atoms with Gasteiger partial charge in [-0.25, -0.2) is 4.98 Å². The molecule has 2 rings (SSSR count). The van der Waals surface area contributed by atoms with Crippen LogP contribution in [0.3, 0.4) is 0 Å². The molecular formula is C12H18ClN3. The van der Waals surface area contributed by atoms with Gasteiger partial charge in [0.25, 0.3) is 0 Å². The molecule has 0 radical (unpaired) electrons. The van der Waals surface area contributed by atoms with Crippen LogP contribution in [0, 0.1) is 11.8 Å². The molecule has 1 aliphatic rings. The lowest BCUT2D eigenvalue weighted by Crippen LogP contribution is -2.21. The van der Waals surface area contributed by atoms with Crippen molar-refractivity contribution in [3.8, 4) is 0 Å². The van der Waals surface area contributed by atoms with Crippen molar-refractivity contribution in [2.24, 2.45) is 17.6 Å². The topological polar surface area (TPSA) is 42.1 Å². The van der Waals surface area contributed by atoms with E-state index in [1.165, 1.54) is 0 Å². The molecule has 0 spiro atoms. The fourth-order valence-electron chi connectivity index (χ4n) is 2.11. The van der Waals surface area contributed by atoms with E-state index in [-0.39, 0.29) is 0 Å². The Morgan fingerprint density at radius 1 is 1.44 bits per heavy atom. The summed E-state index contributed by atoms with van der Waals surface area (Å²) in [7, 11) is 0. The van der Waals surface area contributed by atoms with Crippen molar-refractivity contribution >= 4 is 17.4 Å². The summed E-state index contributed by atoms with van der Waals surface area (Å²) in [5.41, 5.74) is 6.61. The molecule has 2 unspecified atom stereocenters. The highest BCUT2D eigenvalue weighted by atomic mass is 35.5. The molecule has 16 heavy (non-hydrogen) atoms. The Labute approximate surface area is 102 Å². The lowest BCUT2D eigenvalue weighted by atomic mass is 10.0. The molecule has 1 aliphatic heterocycles. The maximum atomic E-state index is 6.00. The fraction of sp³-hybridized carbons (Fsp3) is 0.583. The molecule has 1 aromatic heterocycles. The maximum Gasteiger partial charge on any atom is 0.128 e. The first-order chi connectivity index (χ1) is 7.61. The van der Waals surface area contributed by atoms with E-state index in [2.05, 4.69) is 23.7 Å². The molecule has 0 aromatic carbocycles. The summed E-state index contributed by atoms with van der Waals surface area (Å²) < 4.78 is 0. The number of hydrogen-bond acceptors (Lipinski definition) is 3. The van der Waals surface area contributed by atoms with Gasteiger partial charge < -0.3 is 10.6 Å². The molecule has 4 heteroatoms. The molecule has 3 nitrogen and oxygen atoms in total. The number of halogens is 1. The summed E-state index contributed by atoms with van der Waals surface area (Å²) in [5.74, 6) is 2.44. The third kappa shape index (κ3) is 2.15. The molecule has 2 heterocycles. The van der Waals surface area contributed by atoms with Crippen molar-refractivity contribution in [1.29, 1.82) is 0 Å². The van der Waals surface area contributed by atoms with Crippen LogP contribution in [-0.4, -0.2) is 18.1 Å². The Morgan fingerprint density at radius 3 is 2.62 bits per heavy atom. The average molecular weight is 240 g/mol. The van der Waals surface area contributed by atoms with Gasteiger partial charge in [0.1, 0.15) is 5.82 Å². The Hall–Kier alpha value is -0.800. The average Bonchev–Trinajstić information content (AvgIpc) is 2.60. The molecule has 0 saturated carbocycles. The first kappa shape index (κ1) is 11.7. The van der Waals surface area contributed by atoms with Gasteiger partial charge >= 0.3 is 0 Å². The quantitative estimate of drug-likeness (QED) is 0.861. The van der Waals surface area contributed by atoms with Crippen molar-refractivity contribution in [2.75, 3.05) is 18.0 Å². The van der Waals surface area contributed by atoms with E-state index in [4.69, 9.17) is 17.3 Å². The lowest BCUT2D eigenvalue weighted by molar-refractivity contribution is 0.494. The molecule has 88 valence electrons. The van der Waals surface area contributed by atoms with Gasteiger partial charge in [0, 0.05) is 25.8 Å². The smallest absolute Gasteiger partial charge is 0.128 e. The van der Waals surface area contributed by atoms with Crippen LogP contribution in [0.25, 0.3) is 0 Å². The summed E-state index contributed by atoms with van der Waals surface area (Å²) in [5, 5.41) is 0.659. The second-order valence-electron chi connectivity index (χ2n) is 4.70. The van der Waals surface area contributed by atoms with E-state index in [9.17, 15) is 0 Å². The van der Waals surface area contributed by atoms with Crippen LogP contribution in [-0.2, 0) is 6.54 Å². The van der Waals surface area contributed by atoms with Gasteiger partial charge in [-0.3, -0.25) is 0 Å². The minimum Gasteiger partial charge on any atom is -0.356 e. The molecule has 2 atom stereocenters. The van der Waals surface area contributed by atoms with Gasteiger partial charge in [0.2, 0.25) is 0 Å². The normalized spacial score (nSPS) is 25.1. The van der Waals surface area contributed by atoms with E-state index in [1.807, 2.05) is 6.07 Å². The van der Waals surface area contributed by atoms with Gasteiger partial charge in [-0.1, -0.05) is 25.4 Å². The lowest BCUT2D eigenvalue weighted by Gasteiger charge is -2.18. The number of aromatic nitrogens is 1. The van der Waals surface area contributed by atoms with Gasteiger partial charge in [-0.05, 0) is 23.5 Å². The SMILES string of the molecule is CC1CN(c2cc(CN)c(Cl)cn2)CC1C. The highest BCUT2D eigenvalue weighted by Crippen LogP contribution is 2.28. The van der Waals surface area contributed by atoms with Crippen LogP contribution in [0.2, 0.25) is 5.02 Å². The summed E-state index contributed by atoms with van der Waals surface area (Å²) in [4.78, 5) is 6.69. The second kappa shape index (κ2) is 4.60. The Bertz CT molecular complexity index is 371. The zero-order chi connectivity index (χ0) is 11.7. The van der Waals surface area contributed by atoms with Gasteiger partial charge in [-0.2, -0.15) is 0 Å². The number of nitrogens with zero attached hydrogens (tertiary/aromatic N) is 2. The molecular weight excluding hydrogens is 222 g/mol. The van der Waals surface area contributed by atoms with E-state index in [0.717, 1.165) is 36.3 Å². The summed E-state index contributed by atoms with van der Waals surface area (Å²) >= 11 is 6.00. The Kier molecular flexibility index (Phi) is 3.36. The predicted molar refractivity (Wildman–Crippen MR) is 67.7 cm³/mol. The maximum absolute atomic E-state index is 6.00. The summed E-state index contributed by atoms with van der Waals surface area (Å²) in [6.45, 7) is 7.17. The minimum atomic E-state index is 0.466. The predicted octanol–water partition coefficient (Wildman–Crippen LogP) is 2.29. The van der Waals surface area contributed by atoms with E-state index >= 15 is 0 Å². The van der Waals surface area contributed by atoms with Crippen LogP contribution in [0.4, 0.5) is 5.82 Å². The number of pyridine rings is 1. The Morgan fingerprint density at radius 2 is 2.06 bits per heavy atom. The van der Waals surface area contributed by atoms with E-state index < -0.39 is 0 Å². The Balaban J connectivity index is 2.22. The van der Waals surface area contributed by atoms with Crippen LogP contribution in [0.15, 0.2) is 12.3 Å². The highest BCUT2D eigenvalue weighted by molar-refractivity contribution is 6.31. The molecule has 0 bridgehead atoms. The molecule has 0 aliphatic carbocycles. The van der Waals surface area contributed by atoms with E-state index in [1.54, 1.807) is 6.20 Å². The van der Waals surface area contributed by atoms with Crippen molar-refractivity contribution < 1.29 is 0 Å². The number of rotatable bonds is 2. The highest BCUT2D eigenvalue weighted by Gasteiger charge is 2.26. The molecule has 1 saturated heterocycles. The molecule has 0 amide bonds. The van der Waals surface area contributed by atoms with Gasteiger partial charge in [0.05, 0.1) is 5.02 Å². The zero-order valence-electron chi connectivity index (χ0n) is 9.78.